The Hall–Kier alpha value is -2.87. The first-order valence-electron chi connectivity index (χ1n) is 8.62. The van der Waals surface area contributed by atoms with Crippen molar-refractivity contribution in [3.05, 3.63) is 107 Å². The van der Waals surface area contributed by atoms with Crippen molar-refractivity contribution < 1.29 is 4.79 Å². The van der Waals surface area contributed by atoms with Crippen LogP contribution in [-0.2, 0) is 24.3 Å². The lowest BCUT2D eigenvalue weighted by Gasteiger charge is -2.23. The number of hydrogen-bond acceptors (Lipinski definition) is 1. The van der Waals surface area contributed by atoms with E-state index in [2.05, 4.69) is 43.3 Å². The van der Waals surface area contributed by atoms with Crippen LogP contribution >= 0.6 is 0 Å². The summed E-state index contributed by atoms with van der Waals surface area (Å²) in [7, 11) is 0. The zero-order chi connectivity index (χ0) is 17.5. The SMILES string of the molecule is Cc1ccc(CN(Cc2ccccc2)C(=O)Cc2ccccc2)cc1. The van der Waals surface area contributed by atoms with Crippen LogP contribution in [-0.4, -0.2) is 10.8 Å². The van der Waals surface area contributed by atoms with E-state index < -0.39 is 0 Å². The number of carbonyl (C=O) groups excluding carboxylic acids is 1. The fourth-order valence-electron chi connectivity index (χ4n) is 2.83. The lowest BCUT2D eigenvalue weighted by atomic mass is 10.1. The smallest absolute Gasteiger partial charge is 0.227 e. The maximum absolute atomic E-state index is 12.9. The molecule has 0 saturated heterocycles. The minimum Gasteiger partial charge on any atom is -0.334 e. The Balaban J connectivity index is 1.77. The van der Waals surface area contributed by atoms with Gasteiger partial charge in [-0.1, -0.05) is 90.5 Å². The van der Waals surface area contributed by atoms with Crippen molar-refractivity contribution in [2.75, 3.05) is 0 Å². The maximum atomic E-state index is 12.9. The second kappa shape index (κ2) is 8.29. The van der Waals surface area contributed by atoms with Gasteiger partial charge in [-0.3, -0.25) is 4.79 Å². The van der Waals surface area contributed by atoms with Gasteiger partial charge in [0.2, 0.25) is 5.91 Å². The molecule has 0 radical (unpaired) electrons. The summed E-state index contributed by atoms with van der Waals surface area (Å²) in [6.45, 7) is 3.33. The van der Waals surface area contributed by atoms with E-state index in [-0.39, 0.29) is 5.91 Å². The number of benzene rings is 3. The van der Waals surface area contributed by atoms with Gasteiger partial charge in [0.25, 0.3) is 0 Å². The molecule has 0 aliphatic rings. The molecule has 0 saturated carbocycles. The van der Waals surface area contributed by atoms with Crippen LogP contribution < -0.4 is 0 Å². The molecule has 0 fully saturated rings. The van der Waals surface area contributed by atoms with Gasteiger partial charge in [0.1, 0.15) is 0 Å². The Kier molecular flexibility index (Phi) is 5.63. The first-order chi connectivity index (χ1) is 12.2. The van der Waals surface area contributed by atoms with Crippen molar-refractivity contribution in [3.8, 4) is 0 Å². The molecule has 0 aliphatic carbocycles. The Labute approximate surface area is 149 Å². The third-order valence-corrected chi connectivity index (χ3v) is 4.26. The number of rotatable bonds is 6. The topological polar surface area (TPSA) is 20.3 Å². The van der Waals surface area contributed by atoms with Gasteiger partial charge in [0, 0.05) is 13.1 Å². The molecule has 3 rings (SSSR count). The van der Waals surface area contributed by atoms with E-state index in [1.165, 1.54) is 5.56 Å². The highest BCUT2D eigenvalue weighted by Crippen LogP contribution is 2.13. The molecule has 0 N–H and O–H groups in total. The van der Waals surface area contributed by atoms with Crippen molar-refractivity contribution in [1.29, 1.82) is 0 Å². The van der Waals surface area contributed by atoms with Gasteiger partial charge in [-0.05, 0) is 23.6 Å². The van der Waals surface area contributed by atoms with Crippen molar-refractivity contribution >= 4 is 5.91 Å². The van der Waals surface area contributed by atoms with E-state index in [0.29, 0.717) is 19.5 Å². The fraction of sp³-hybridized carbons (Fsp3) is 0.174. The summed E-state index contributed by atoms with van der Waals surface area (Å²) in [5.41, 5.74) is 4.59. The van der Waals surface area contributed by atoms with Crippen LogP contribution in [0.2, 0.25) is 0 Å². The van der Waals surface area contributed by atoms with Crippen molar-refractivity contribution in [2.24, 2.45) is 0 Å². The minimum atomic E-state index is 0.149. The van der Waals surface area contributed by atoms with E-state index in [4.69, 9.17) is 0 Å². The standard InChI is InChI=1S/C23H23NO/c1-19-12-14-22(15-13-19)18-24(17-21-10-6-3-7-11-21)23(25)16-20-8-4-2-5-9-20/h2-15H,16-18H2,1H3. The van der Waals surface area contributed by atoms with Crippen LogP contribution in [0.25, 0.3) is 0 Å². The van der Waals surface area contributed by atoms with E-state index in [1.807, 2.05) is 53.4 Å². The molecule has 0 atom stereocenters. The number of nitrogens with zero attached hydrogens (tertiary/aromatic N) is 1. The van der Waals surface area contributed by atoms with E-state index >= 15 is 0 Å². The Bertz CT molecular complexity index is 795. The fourth-order valence-corrected chi connectivity index (χ4v) is 2.83. The van der Waals surface area contributed by atoms with Crippen LogP contribution in [0.5, 0.6) is 0 Å². The summed E-state index contributed by atoms with van der Waals surface area (Å²) in [5, 5.41) is 0. The zero-order valence-corrected chi connectivity index (χ0v) is 14.6. The second-order valence-electron chi connectivity index (χ2n) is 6.38. The normalized spacial score (nSPS) is 10.4. The van der Waals surface area contributed by atoms with Crippen molar-refractivity contribution in [3.63, 3.8) is 0 Å². The molecule has 126 valence electrons. The molecule has 0 spiro atoms. The molecule has 2 heteroatoms. The Morgan fingerprint density at radius 3 is 1.72 bits per heavy atom. The molecule has 2 nitrogen and oxygen atoms in total. The van der Waals surface area contributed by atoms with Crippen LogP contribution in [0, 0.1) is 6.92 Å². The molecular weight excluding hydrogens is 306 g/mol. The third kappa shape index (κ3) is 5.05. The average Bonchev–Trinajstić information content (AvgIpc) is 2.64. The van der Waals surface area contributed by atoms with Gasteiger partial charge in [0.15, 0.2) is 0 Å². The molecule has 25 heavy (non-hydrogen) atoms. The molecule has 0 bridgehead atoms. The zero-order valence-electron chi connectivity index (χ0n) is 14.6. The summed E-state index contributed by atoms with van der Waals surface area (Å²) >= 11 is 0. The first kappa shape index (κ1) is 17.0. The Morgan fingerprint density at radius 1 is 0.680 bits per heavy atom. The van der Waals surface area contributed by atoms with Gasteiger partial charge in [0.05, 0.1) is 6.42 Å². The molecule has 1 amide bonds. The van der Waals surface area contributed by atoms with Gasteiger partial charge in [-0.25, -0.2) is 0 Å². The summed E-state index contributed by atoms with van der Waals surface area (Å²) in [4.78, 5) is 14.9. The minimum absolute atomic E-state index is 0.149. The number of aryl methyl sites for hydroxylation is 1. The monoisotopic (exact) mass is 329 g/mol. The molecule has 3 aromatic rings. The molecule has 0 aliphatic heterocycles. The van der Waals surface area contributed by atoms with E-state index in [1.54, 1.807) is 0 Å². The quantitative estimate of drug-likeness (QED) is 0.638. The van der Waals surface area contributed by atoms with Crippen LogP contribution in [0.1, 0.15) is 22.3 Å². The predicted octanol–water partition coefficient (Wildman–Crippen LogP) is 4.77. The molecule has 3 aromatic carbocycles. The lowest BCUT2D eigenvalue weighted by molar-refractivity contribution is -0.131. The van der Waals surface area contributed by atoms with E-state index in [0.717, 1.165) is 16.7 Å². The largest absolute Gasteiger partial charge is 0.334 e. The van der Waals surface area contributed by atoms with Gasteiger partial charge < -0.3 is 4.90 Å². The van der Waals surface area contributed by atoms with E-state index in [9.17, 15) is 4.79 Å². The highest BCUT2D eigenvalue weighted by atomic mass is 16.2. The average molecular weight is 329 g/mol. The number of hydrogen-bond donors (Lipinski definition) is 0. The molecule has 0 aromatic heterocycles. The highest BCUT2D eigenvalue weighted by molar-refractivity contribution is 5.78. The number of carbonyl (C=O) groups is 1. The van der Waals surface area contributed by atoms with Crippen LogP contribution in [0.3, 0.4) is 0 Å². The van der Waals surface area contributed by atoms with Crippen molar-refractivity contribution in [1.82, 2.24) is 4.90 Å². The summed E-state index contributed by atoms with van der Waals surface area (Å²) in [5.74, 6) is 0.149. The summed E-state index contributed by atoms with van der Waals surface area (Å²) in [6, 6.07) is 28.5. The highest BCUT2D eigenvalue weighted by Gasteiger charge is 2.15. The van der Waals surface area contributed by atoms with Gasteiger partial charge in [-0.15, -0.1) is 0 Å². The third-order valence-electron chi connectivity index (χ3n) is 4.26. The molecule has 0 unspecified atom stereocenters. The molecule has 0 heterocycles. The predicted molar refractivity (Wildman–Crippen MR) is 102 cm³/mol. The summed E-state index contributed by atoms with van der Waals surface area (Å²) < 4.78 is 0. The first-order valence-corrected chi connectivity index (χ1v) is 8.62. The van der Waals surface area contributed by atoms with Gasteiger partial charge >= 0.3 is 0 Å². The second-order valence-corrected chi connectivity index (χ2v) is 6.38. The lowest BCUT2D eigenvalue weighted by Crippen LogP contribution is -2.31. The summed E-state index contributed by atoms with van der Waals surface area (Å²) in [6.07, 6.45) is 0.430. The Morgan fingerprint density at radius 2 is 1.16 bits per heavy atom. The molecular formula is C23H23NO. The van der Waals surface area contributed by atoms with Crippen LogP contribution in [0.15, 0.2) is 84.9 Å². The van der Waals surface area contributed by atoms with Gasteiger partial charge in [-0.2, -0.15) is 0 Å². The van der Waals surface area contributed by atoms with Crippen LogP contribution in [0.4, 0.5) is 0 Å². The number of amides is 1. The maximum Gasteiger partial charge on any atom is 0.227 e. The van der Waals surface area contributed by atoms with Crippen molar-refractivity contribution in [2.45, 2.75) is 26.4 Å².